The van der Waals surface area contributed by atoms with Gasteiger partial charge >= 0.3 is 11.9 Å². The van der Waals surface area contributed by atoms with E-state index >= 15 is 0 Å². The molecular weight excluding hydrogens is 414 g/mol. The summed E-state index contributed by atoms with van der Waals surface area (Å²) in [5, 5.41) is 22.4. The van der Waals surface area contributed by atoms with E-state index in [1.165, 1.54) is 11.8 Å². The summed E-state index contributed by atoms with van der Waals surface area (Å²) in [5.41, 5.74) is 10.9. The SMILES string of the molecule is CC(NC(=O)C(CCC(=O)O)NC(=O)C1CCCN1C(=O)C(N)CCC(N)=O)C(=O)O. The number of carboxylic acids is 2. The molecule has 0 saturated carbocycles. The highest BCUT2D eigenvalue weighted by molar-refractivity contribution is 5.94. The molecule has 4 unspecified atom stereocenters. The Labute approximate surface area is 178 Å². The molecule has 1 aliphatic heterocycles. The normalized spacial score (nSPS) is 18.5. The van der Waals surface area contributed by atoms with E-state index in [0.29, 0.717) is 12.8 Å². The Kier molecular flexibility index (Phi) is 9.86. The second kappa shape index (κ2) is 11.8. The summed E-state index contributed by atoms with van der Waals surface area (Å²) in [7, 11) is 0. The fourth-order valence-corrected chi connectivity index (χ4v) is 3.12. The maximum Gasteiger partial charge on any atom is 0.325 e. The van der Waals surface area contributed by atoms with E-state index in [9.17, 15) is 28.8 Å². The first kappa shape index (κ1) is 25.8. The first-order chi connectivity index (χ1) is 14.4. The van der Waals surface area contributed by atoms with Crippen LogP contribution in [-0.4, -0.2) is 81.4 Å². The van der Waals surface area contributed by atoms with Crippen LogP contribution in [0.3, 0.4) is 0 Å². The quantitative estimate of drug-likeness (QED) is 0.187. The molecule has 4 amide bonds. The van der Waals surface area contributed by atoms with Crippen molar-refractivity contribution < 1.29 is 39.0 Å². The summed E-state index contributed by atoms with van der Waals surface area (Å²) in [4.78, 5) is 71.7. The van der Waals surface area contributed by atoms with Crippen LogP contribution >= 0.6 is 0 Å². The molecule has 1 saturated heterocycles. The number of hydrogen-bond donors (Lipinski definition) is 6. The zero-order valence-corrected chi connectivity index (χ0v) is 17.2. The number of nitrogens with zero attached hydrogens (tertiary/aromatic N) is 1. The Bertz CT molecular complexity index is 728. The van der Waals surface area contributed by atoms with E-state index in [1.807, 2.05) is 0 Å². The summed E-state index contributed by atoms with van der Waals surface area (Å²) >= 11 is 0. The van der Waals surface area contributed by atoms with Crippen molar-refractivity contribution in [3.05, 3.63) is 0 Å². The van der Waals surface area contributed by atoms with Gasteiger partial charge in [0.25, 0.3) is 0 Å². The topological polar surface area (TPSA) is 222 Å². The third-order valence-electron chi connectivity index (χ3n) is 4.87. The summed E-state index contributed by atoms with van der Waals surface area (Å²) in [6.07, 6.45) is 0.0446. The van der Waals surface area contributed by atoms with Gasteiger partial charge in [0.05, 0.1) is 6.04 Å². The van der Waals surface area contributed by atoms with Crippen molar-refractivity contribution in [3.63, 3.8) is 0 Å². The molecule has 8 N–H and O–H groups in total. The van der Waals surface area contributed by atoms with Gasteiger partial charge in [0.1, 0.15) is 18.1 Å². The minimum Gasteiger partial charge on any atom is -0.481 e. The van der Waals surface area contributed by atoms with Crippen LogP contribution in [0.25, 0.3) is 0 Å². The molecule has 0 aliphatic carbocycles. The highest BCUT2D eigenvalue weighted by Gasteiger charge is 2.37. The number of hydrogen-bond acceptors (Lipinski definition) is 7. The van der Waals surface area contributed by atoms with Gasteiger partial charge in [0.2, 0.25) is 23.6 Å². The van der Waals surface area contributed by atoms with E-state index in [1.54, 1.807) is 0 Å². The van der Waals surface area contributed by atoms with Gasteiger partial charge < -0.3 is 37.2 Å². The zero-order chi connectivity index (χ0) is 23.7. The summed E-state index contributed by atoms with van der Waals surface area (Å²) in [6, 6.07) is -4.50. The molecule has 174 valence electrons. The Balaban J connectivity index is 2.85. The molecule has 1 fully saturated rings. The molecule has 1 rings (SSSR count). The number of aliphatic carboxylic acids is 2. The number of carbonyl (C=O) groups is 6. The molecule has 13 nitrogen and oxygen atoms in total. The van der Waals surface area contributed by atoms with Gasteiger partial charge in [-0.2, -0.15) is 0 Å². The number of nitrogens with one attached hydrogen (secondary N) is 2. The number of primary amides is 1. The molecule has 13 heteroatoms. The van der Waals surface area contributed by atoms with Crippen LogP contribution in [0, 0.1) is 0 Å². The third kappa shape index (κ3) is 8.20. The van der Waals surface area contributed by atoms with Gasteiger partial charge in [0, 0.05) is 19.4 Å². The van der Waals surface area contributed by atoms with Gasteiger partial charge in [-0.25, -0.2) is 0 Å². The van der Waals surface area contributed by atoms with E-state index in [-0.39, 0.29) is 25.8 Å². The zero-order valence-electron chi connectivity index (χ0n) is 17.2. The number of amides is 4. The Hall–Kier alpha value is -3.22. The number of likely N-dealkylation sites (tertiary alicyclic amines) is 1. The molecule has 0 aromatic heterocycles. The molecule has 1 heterocycles. The highest BCUT2D eigenvalue weighted by atomic mass is 16.4. The predicted octanol–water partition coefficient (Wildman–Crippen LogP) is -2.49. The van der Waals surface area contributed by atoms with Crippen molar-refractivity contribution in [1.29, 1.82) is 0 Å². The first-order valence-electron chi connectivity index (χ1n) is 9.83. The maximum absolute atomic E-state index is 12.8. The van der Waals surface area contributed by atoms with Crippen LogP contribution in [0.15, 0.2) is 0 Å². The molecule has 1 aliphatic rings. The number of nitrogens with two attached hydrogens (primary N) is 2. The van der Waals surface area contributed by atoms with Crippen molar-refractivity contribution in [3.8, 4) is 0 Å². The van der Waals surface area contributed by atoms with Crippen molar-refractivity contribution >= 4 is 35.6 Å². The van der Waals surface area contributed by atoms with Gasteiger partial charge in [-0.1, -0.05) is 0 Å². The Morgan fingerprint density at radius 2 is 1.71 bits per heavy atom. The van der Waals surface area contributed by atoms with Crippen LogP contribution in [-0.2, 0) is 28.8 Å². The third-order valence-corrected chi connectivity index (χ3v) is 4.87. The van der Waals surface area contributed by atoms with Crippen molar-refractivity contribution in [2.45, 2.75) is 69.6 Å². The fraction of sp³-hybridized carbons (Fsp3) is 0.667. The number of carbonyl (C=O) groups excluding carboxylic acids is 4. The minimum atomic E-state index is -1.30. The van der Waals surface area contributed by atoms with Crippen molar-refractivity contribution in [2.75, 3.05) is 6.54 Å². The minimum absolute atomic E-state index is 0.0235. The average Bonchev–Trinajstić information content (AvgIpc) is 3.17. The Morgan fingerprint density at radius 3 is 2.26 bits per heavy atom. The highest BCUT2D eigenvalue weighted by Crippen LogP contribution is 2.19. The molecule has 31 heavy (non-hydrogen) atoms. The lowest BCUT2D eigenvalue weighted by atomic mass is 10.1. The van der Waals surface area contributed by atoms with Gasteiger partial charge in [-0.15, -0.1) is 0 Å². The molecule has 0 aromatic carbocycles. The summed E-state index contributed by atoms with van der Waals surface area (Å²) in [6.45, 7) is 1.48. The second-order valence-electron chi connectivity index (χ2n) is 7.36. The van der Waals surface area contributed by atoms with Crippen LogP contribution < -0.4 is 22.1 Å². The van der Waals surface area contributed by atoms with Crippen molar-refractivity contribution in [2.24, 2.45) is 11.5 Å². The van der Waals surface area contributed by atoms with E-state index in [4.69, 9.17) is 21.7 Å². The fourth-order valence-electron chi connectivity index (χ4n) is 3.12. The standard InChI is InChI=1S/C18H29N5O8/c1-9(18(30)31)21-15(27)11(5-7-14(25)26)22-16(28)12-3-2-8-23(12)17(29)10(19)4-6-13(20)24/h9-12H,2-8,19H2,1H3,(H2,20,24)(H,21,27)(H,22,28)(H,25,26)(H,30,31). The predicted molar refractivity (Wildman–Crippen MR) is 105 cm³/mol. The molecule has 0 spiro atoms. The van der Waals surface area contributed by atoms with E-state index in [2.05, 4.69) is 10.6 Å². The number of carboxylic acid groups (broad SMARTS) is 2. The maximum atomic E-state index is 12.8. The number of rotatable bonds is 12. The largest absolute Gasteiger partial charge is 0.481 e. The van der Waals surface area contributed by atoms with Crippen LogP contribution in [0.2, 0.25) is 0 Å². The van der Waals surface area contributed by atoms with Crippen LogP contribution in [0.5, 0.6) is 0 Å². The van der Waals surface area contributed by atoms with Crippen LogP contribution in [0.1, 0.15) is 45.4 Å². The lowest BCUT2D eigenvalue weighted by Gasteiger charge is -2.28. The molecule has 4 atom stereocenters. The van der Waals surface area contributed by atoms with Crippen molar-refractivity contribution in [1.82, 2.24) is 15.5 Å². The van der Waals surface area contributed by atoms with E-state index in [0.717, 1.165) is 0 Å². The molecular formula is C18H29N5O8. The van der Waals surface area contributed by atoms with Gasteiger partial charge in [-0.3, -0.25) is 28.8 Å². The van der Waals surface area contributed by atoms with Gasteiger partial charge in [0.15, 0.2) is 0 Å². The van der Waals surface area contributed by atoms with Gasteiger partial charge in [-0.05, 0) is 32.6 Å². The Morgan fingerprint density at radius 1 is 1.06 bits per heavy atom. The average molecular weight is 443 g/mol. The first-order valence-corrected chi connectivity index (χ1v) is 9.83. The molecule has 0 bridgehead atoms. The second-order valence-corrected chi connectivity index (χ2v) is 7.36. The van der Waals surface area contributed by atoms with Crippen LogP contribution in [0.4, 0.5) is 0 Å². The molecule has 0 radical (unpaired) electrons. The lowest BCUT2D eigenvalue weighted by molar-refractivity contribution is -0.143. The van der Waals surface area contributed by atoms with E-state index < -0.39 is 66.2 Å². The summed E-state index contributed by atoms with van der Waals surface area (Å²) < 4.78 is 0. The lowest BCUT2D eigenvalue weighted by Crippen LogP contribution is -2.56. The summed E-state index contributed by atoms with van der Waals surface area (Å²) in [5.74, 6) is -5.17. The monoisotopic (exact) mass is 443 g/mol. The molecule has 0 aromatic rings. The smallest absolute Gasteiger partial charge is 0.325 e.